The summed E-state index contributed by atoms with van der Waals surface area (Å²) in [4.78, 5) is 37.6. The van der Waals surface area contributed by atoms with Crippen LogP contribution in [0.3, 0.4) is 0 Å². The lowest BCUT2D eigenvalue weighted by Gasteiger charge is -2.11. The van der Waals surface area contributed by atoms with E-state index in [1.165, 1.54) is 10.6 Å². The molecule has 160 valence electrons. The number of benzene rings is 2. The molecule has 2 amide bonds. The van der Waals surface area contributed by atoms with Gasteiger partial charge in [-0.25, -0.2) is 0 Å². The summed E-state index contributed by atoms with van der Waals surface area (Å²) in [6.07, 6.45) is 2.44. The van der Waals surface area contributed by atoms with Crippen molar-refractivity contribution in [1.82, 2.24) is 9.88 Å². The molecule has 0 atom stereocenters. The number of pyridine rings is 1. The van der Waals surface area contributed by atoms with Gasteiger partial charge in [0.2, 0.25) is 0 Å². The minimum atomic E-state index is -0.405. The average Bonchev–Trinajstić information content (AvgIpc) is 2.74. The second-order valence-corrected chi connectivity index (χ2v) is 7.92. The molecule has 31 heavy (non-hydrogen) atoms. The van der Waals surface area contributed by atoms with Crippen molar-refractivity contribution in [2.75, 3.05) is 11.9 Å². The van der Waals surface area contributed by atoms with Crippen molar-refractivity contribution in [1.29, 1.82) is 0 Å². The van der Waals surface area contributed by atoms with Gasteiger partial charge >= 0.3 is 0 Å². The molecule has 0 fully saturated rings. The molecule has 0 aliphatic rings. The maximum absolute atomic E-state index is 12.8. The standard InChI is InChI=1S/C24H24ClN3O3/c1-16(2)13-14-26-22(29)20-7-5-15-28(24(20)31)18-11-9-17(10-12-18)27-23(30)19-6-3-4-8-21(19)25/h3-12,15-16H,13-14H2,1-2H3,(H,26,29)(H,27,30). The summed E-state index contributed by atoms with van der Waals surface area (Å²) in [5.74, 6) is -0.246. The number of hydrogen-bond acceptors (Lipinski definition) is 3. The third-order valence-electron chi connectivity index (χ3n) is 4.72. The van der Waals surface area contributed by atoms with E-state index in [4.69, 9.17) is 11.6 Å². The van der Waals surface area contributed by atoms with E-state index in [0.29, 0.717) is 34.4 Å². The minimum absolute atomic E-state index is 0.0855. The van der Waals surface area contributed by atoms with Gasteiger partial charge in [-0.05, 0) is 60.9 Å². The fraction of sp³-hybridized carbons (Fsp3) is 0.208. The molecule has 0 saturated carbocycles. The SMILES string of the molecule is CC(C)CCNC(=O)c1cccn(-c2ccc(NC(=O)c3ccccc3Cl)cc2)c1=O. The molecule has 7 heteroatoms. The van der Waals surface area contributed by atoms with Crippen LogP contribution in [0, 0.1) is 5.92 Å². The van der Waals surface area contributed by atoms with Gasteiger partial charge in [0.25, 0.3) is 17.4 Å². The van der Waals surface area contributed by atoms with Gasteiger partial charge in [-0.2, -0.15) is 0 Å². The van der Waals surface area contributed by atoms with E-state index in [1.807, 2.05) is 0 Å². The molecule has 1 aromatic heterocycles. The van der Waals surface area contributed by atoms with Crippen molar-refractivity contribution in [3.05, 3.63) is 93.4 Å². The van der Waals surface area contributed by atoms with Crippen LogP contribution in [0.15, 0.2) is 71.7 Å². The van der Waals surface area contributed by atoms with E-state index in [1.54, 1.807) is 60.8 Å². The summed E-state index contributed by atoms with van der Waals surface area (Å²) in [7, 11) is 0. The number of aromatic nitrogens is 1. The van der Waals surface area contributed by atoms with E-state index in [2.05, 4.69) is 24.5 Å². The molecule has 0 aliphatic heterocycles. The Balaban J connectivity index is 1.75. The number of carbonyl (C=O) groups is 2. The number of carbonyl (C=O) groups excluding carboxylic acids is 2. The summed E-state index contributed by atoms with van der Waals surface area (Å²) < 4.78 is 1.40. The zero-order valence-corrected chi connectivity index (χ0v) is 18.1. The fourth-order valence-electron chi connectivity index (χ4n) is 2.99. The third kappa shape index (κ3) is 5.61. The molecule has 2 N–H and O–H groups in total. The summed E-state index contributed by atoms with van der Waals surface area (Å²) in [5.41, 5.74) is 1.20. The summed E-state index contributed by atoms with van der Waals surface area (Å²) >= 11 is 6.06. The first kappa shape index (κ1) is 22.3. The number of nitrogens with zero attached hydrogens (tertiary/aromatic N) is 1. The average molecular weight is 438 g/mol. The van der Waals surface area contributed by atoms with Gasteiger partial charge in [-0.15, -0.1) is 0 Å². The van der Waals surface area contributed by atoms with E-state index >= 15 is 0 Å². The predicted molar refractivity (Wildman–Crippen MR) is 123 cm³/mol. The number of rotatable bonds is 7. The molecular weight excluding hydrogens is 414 g/mol. The van der Waals surface area contributed by atoms with E-state index in [0.717, 1.165) is 6.42 Å². The van der Waals surface area contributed by atoms with Gasteiger partial charge in [-0.3, -0.25) is 19.0 Å². The molecule has 0 aliphatic carbocycles. The Hall–Kier alpha value is -3.38. The van der Waals surface area contributed by atoms with Crippen LogP contribution in [0.5, 0.6) is 0 Å². The fourth-order valence-corrected chi connectivity index (χ4v) is 3.21. The van der Waals surface area contributed by atoms with Crippen LogP contribution in [-0.2, 0) is 0 Å². The quantitative estimate of drug-likeness (QED) is 0.570. The van der Waals surface area contributed by atoms with Crippen molar-refractivity contribution in [3.8, 4) is 5.69 Å². The summed E-state index contributed by atoms with van der Waals surface area (Å²) in [5, 5.41) is 5.94. The smallest absolute Gasteiger partial charge is 0.267 e. The van der Waals surface area contributed by atoms with E-state index in [-0.39, 0.29) is 17.4 Å². The summed E-state index contributed by atoms with van der Waals surface area (Å²) in [6, 6.07) is 16.7. The zero-order chi connectivity index (χ0) is 22.4. The van der Waals surface area contributed by atoms with Crippen LogP contribution in [0.25, 0.3) is 5.69 Å². The number of anilines is 1. The Morgan fingerprint density at radius 3 is 2.29 bits per heavy atom. The topological polar surface area (TPSA) is 80.2 Å². The Morgan fingerprint density at radius 1 is 0.935 bits per heavy atom. The number of hydrogen-bond donors (Lipinski definition) is 2. The second-order valence-electron chi connectivity index (χ2n) is 7.52. The molecule has 0 bridgehead atoms. The minimum Gasteiger partial charge on any atom is -0.352 e. The van der Waals surface area contributed by atoms with Crippen LogP contribution >= 0.6 is 11.6 Å². The highest BCUT2D eigenvalue weighted by atomic mass is 35.5. The van der Waals surface area contributed by atoms with Crippen LogP contribution in [0.4, 0.5) is 5.69 Å². The molecule has 0 spiro atoms. The molecule has 0 unspecified atom stereocenters. The number of nitrogens with one attached hydrogen (secondary N) is 2. The number of amides is 2. The maximum atomic E-state index is 12.8. The van der Waals surface area contributed by atoms with E-state index < -0.39 is 5.56 Å². The van der Waals surface area contributed by atoms with Gasteiger partial charge in [0.15, 0.2) is 0 Å². The van der Waals surface area contributed by atoms with Crippen LogP contribution in [-0.4, -0.2) is 22.9 Å². The zero-order valence-electron chi connectivity index (χ0n) is 17.4. The molecule has 2 aromatic carbocycles. The van der Waals surface area contributed by atoms with E-state index in [9.17, 15) is 14.4 Å². The molecule has 0 radical (unpaired) electrons. The maximum Gasteiger partial charge on any atom is 0.267 e. The monoisotopic (exact) mass is 437 g/mol. The van der Waals surface area contributed by atoms with Gasteiger partial charge in [-0.1, -0.05) is 37.6 Å². The van der Waals surface area contributed by atoms with Gasteiger partial charge in [0, 0.05) is 24.1 Å². The van der Waals surface area contributed by atoms with Gasteiger partial charge < -0.3 is 10.6 Å². The molecule has 3 rings (SSSR count). The van der Waals surface area contributed by atoms with Crippen molar-refractivity contribution in [3.63, 3.8) is 0 Å². The lowest BCUT2D eigenvalue weighted by molar-refractivity contribution is 0.0949. The van der Waals surface area contributed by atoms with Gasteiger partial charge in [0.1, 0.15) is 5.56 Å². The van der Waals surface area contributed by atoms with Crippen molar-refractivity contribution < 1.29 is 9.59 Å². The van der Waals surface area contributed by atoms with Crippen molar-refractivity contribution in [2.45, 2.75) is 20.3 Å². The van der Waals surface area contributed by atoms with Crippen molar-refractivity contribution in [2.24, 2.45) is 5.92 Å². The Kier molecular flexibility index (Phi) is 7.26. The highest BCUT2D eigenvalue weighted by molar-refractivity contribution is 6.34. The molecule has 6 nitrogen and oxygen atoms in total. The lowest BCUT2D eigenvalue weighted by atomic mass is 10.1. The van der Waals surface area contributed by atoms with Crippen LogP contribution in [0.1, 0.15) is 41.0 Å². The first-order valence-corrected chi connectivity index (χ1v) is 10.4. The Bertz CT molecular complexity index is 1140. The Morgan fingerprint density at radius 2 is 1.61 bits per heavy atom. The molecule has 3 aromatic rings. The molecule has 0 saturated heterocycles. The second kappa shape index (κ2) is 10.1. The lowest BCUT2D eigenvalue weighted by Crippen LogP contribution is -2.33. The molecular formula is C24H24ClN3O3. The largest absolute Gasteiger partial charge is 0.352 e. The predicted octanol–water partition coefficient (Wildman–Crippen LogP) is 4.52. The first-order chi connectivity index (χ1) is 14.9. The third-order valence-corrected chi connectivity index (χ3v) is 5.05. The summed E-state index contributed by atoms with van der Waals surface area (Å²) in [6.45, 7) is 4.66. The number of halogens is 1. The highest BCUT2D eigenvalue weighted by Crippen LogP contribution is 2.18. The van der Waals surface area contributed by atoms with Crippen LogP contribution in [0.2, 0.25) is 5.02 Å². The Labute approximate surface area is 185 Å². The highest BCUT2D eigenvalue weighted by Gasteiger charge is 2.13. The van der Waals surface area contributed by atoms with Gasteiger partial charge in [0.05, 0.1) is 10.6 Å². The normalized spacial score (nSPS) is 10.7. The van der Waals surface area contributed by atoms with Crippen molar-refractivity contribution >= 4 is 29.1 Å². The van der Waals surface area contributed by atoms with Crippen LogP contribution < -0.4 is 16.2 Å². The first-order valence-electron chi connectivity index (χ1n) is 10.0. The molecule has 1 heterocycles.